The fraction of sp³-hybridized carbons (Fsp3) is 0.235. The van der Waals surface area contributed by atoms with Gasteiger partial charge in [0.1, 0.15) is 5.82 Å². The van der Waals surface area contributed by atoms with Gasteiger partial charge in [0.05, 0.1) is 4.90 Å². The average Bonchev–Trinajstić information content (AvgIpc) is 3.12. The maximum Gasteiger partial charge on any atom is 0.346 e. The summed E-state index contributed by atoms with van der Waals surface area (Å²) in [6.45, 7) is 2.98. The number of imidazole rings is 1. The summed E-state index contributed by atoms with van der Waals surface area (Å²) in [5.74, 6) is -1.36. The second-order valence-corrected chi connectivity index (χ2v) is 7.46. The van der Waals surface area contributed by atoms with Gasteiger partial charge in [-0.1, -0.05) is 13.8 Å². The Hall–Kier alpha value is -3.38. The molecule has 11 nitrogen and oxygen atoms in total. The first-order valence-corrected chi connectivity index (χ1v) is 9.96. The fourth-order valence-corrected chi connectivity index (χ4v) is 3.23. The highest BCUT2D eigenvalue weighted by molar-refractivity contribution is 7.85. The van der Waals surface area contributed by atoms with Crippen molar-refractivity contribution in [3.63, 3.8) is 0 Å². The molecule has 0 saturated heterocycles. The van der Waals surface area contributed by atoms with Crippen LogP contribution in [0.15, 0.2) is 38.8 Å². The van der Waals surface area contributed by atoms with E-state index in [1.165, 1.54) is 26.0 Å². The van der Waals surface area contributed by atoms with Gasteiger partial charge in [-0.3, -0.25) is 18.9 Å². The molecule has 0 bridgehead atoms. The third kappa shape index (κ3) is 3.43. The van der Waals surface area contributed by atoms with E-state index in [1.54, 1.807) is 0 Å². The molecular formula is C17H16N4O7S. The summed E-state index contributed by atoms with van der Waals surface area (Å²) in [7, 11) is -4.39. The average molecular weight is 420 g/mol. The molecule has 2 aromatic heterocycles. The molecule has 0 aliphatic carbocycles. The maximum atomic E-state index is 12.7. The van der Waals surface area contributed by atoms with E-state index in [4.69, 9.17) is 4.55 Å². The molecule has 152 valence electrons. The van der Waals surface area contributed by atoms with E-state index >= 15 is 0 Å². The molecule has 1 aromatic carbocycles. The van der Waals surface area contributed by atoms with Crippen LogP contribution in [0.3, 0.4) is 0 Å². The minimum atomic E-state index is -4.39. The molecular weight excluding hydrogens is 404 g/mol. The van der Waals surface area contributed by atoms with Gasteiger partial charge in [0, 0.05) is 18.4 Å². The van der Waals surface area contributed by atoms with Crippen molar-refractivity contribution in [2.75, 3.05) is 0 Å². The Labute approximate surface area is 163 Å². The summed E-state index contributed by atoms with van der Waals surface area (Å²) in [5, 5.41) is 0. The Morgan fingerprint density at radius 2 is 1.59 bits per heavy atom. The molecule has 0 fully saturated rings. The Morgan fingerprint density at radius 1 is 1.03 bits per heavy atom. The molecule has 0 amide bonds. The second-order valence-electron chi connectivity index (χ2n) is 6.04. The number of fused-ring (bicyclic) bond motifs is 1. The van der Waals surface area contributed by atoms with E-state index in [2.05, 4.69) is 9.97 Å². The zero-order chi connectivity index (χ0) is 21.5. The van der Waals surface area contributed by atoms with E-state index in [-0.39, 0.29) is 34.7 Å². The highest BCUT2D eigenvalue weighted by Gasteiger charge is 2.23. The number of nitrogens with one attached hydrogen (secondary N) is 1. The minimum absolute atomic E-state index is 0.0674. The summed E-state index contributed by atoms with van der Waals surface area (Å²) in [5.41, 5.74) is -2.17. The normalized spacial score (nSPS) is 11.7. The third-order valence-electron chi connectivity index (χ3n) is 4.23. The standard InChI is InChI=1S/C17H16N4O7S/c1-3-11(22)20-15-13(16(24)21(17(20)25)12(23)4-2)18-14(19-15)9-5-7-10(8-6-9)29(26,27)28/h5-8H,3-4H2,1-2H3,(H,18,19)(H,26,27,28). The van der Waals surface area contributed by atoms with Crippen LogP contribution in [0.4, 0.5) is 0 Å². The first kappa shape index (κ1) is 20.4. The quantitative estimate of drug-likeness (QED) is 0.588. The highest BCUT2D eigenvalue weighted by Crippen LogP contribution is 2.20. The van der Waals surface area contributed by atoms with Crippen LogP contribution < -0.4 is 11.2 Å². The number of aromatic amines is 1. The van der Waals surface area contributed by atoms with Crippen LogP contribution in [0.5, 0.6) is 0 Å². The van der Waals surface area contributed by atoms with Crippen LogP contribution in [-0.2, 0) is 10.1 Å². The van der Waals surface area contributed by atoms with Gasteiger partial charge in [-0.25, -0.2) is 14.3 Å². The molecule has 2 heterocycles. The monoisotopic (exact) mass is 420 g/mol. The Bertz CT molecular complexity index is 1360. The van der Waals surface area contributed by atoms with Crippen molar-refractivity contribution in [1.82, 2.24) is 19.1 Å². The van der Waals surface area contributed by atoms with E-state index in [1.807, 2.05) is 0 Å². The second kappa shape index (κ2) is 7.22. The number of carbonyl (C=O) groups excluding carboxylic acids is 2. The van der Waals surface area contributed by atoms with Gasteiger partial charge in [0.2, 0.25) is 11.8 Å². The van der Waals surface area contributed by atoms with Crippen molar-refractivity contribution in [2.24, 2.45) is 0 Å². The van der Waals surface area contributed by atoms with Crippen molar-refractivity contribution in [3.05, 3.63) is 45.1 Å². The predicted molar refractivity (Wildman–Crippen MR) is 102 cm³/mol. The summed E-state index contributed by atoms with van der Waals surface area (Å²) in [4.78, 5) is 56.2. The van der Waals surface area contributed by atoms with E-state index in [0.29, 0.717) is 14.7 Å². The molecule has 0 unspecified atom stereocenters. The van der Waals surface area contributed by atoms with E-state index < -0.39 is 33.2 Å². The van der Waals surface area contributed by atoms with Crippen LogP contribution >= 0.6 is 0 Å². The zero-order valence-corrected chi connectivity index (χ0v) is 16.2. The molecule has 0 saturated carbocycles. The van der Waals surface area contributed by atoms with Crippen LogP contribution in [-0.4, -0.2) is 43.9 Å². The molecule has 0 aliphatic heterocycles. The van der Waals surface area contributed by atoms with Crippen LogP contribution in [0.2, 0.25) is 0 Å². The number of aromatic nitrogens is 4. The van der Waals surface area contributed by atoms with Crippen LogP contribution in [0.25, 0.3) is 22.6 Å². The Morgan fingerprint density at radius 3 is 2.10 bits per heavy atom. The molecule has 29 heavy (non-hydrogen) atoms. The fourth-order valence-electron chi connectivity index (χ4n) is 2.75. The number of hydrogen-bond acceptors (Lipinski definition) is 7. The molecule has 0 atom stereocenters. The van der Waals surface area contributed by atoms with Gasteiger partial charge in [0.25, 0.3) is 15.7 Å². The van der Waals surface area contributed by atoms with Crippen LogP contribution in [0.1, 0.15) is 36.3 Å². The van der Waals surface area contributed by atoms with E-state index in [0.717, 1.165) is 12.1 Å². The number of carbonyl (C=O) groups is 2. The molecule has 0 spiro atoms. The summed E-state index contributed by atoms with van der Waals surface area (Å²) in [6.07, 6.45) is -0.197. The van der Waals surface area contributed by atoms with Crippen molar-refractivity contribution in [2.45, 2.75) is 31.6 Å². The molecule has 3 rings (SSSR count). The van der Waals surface area contributed by atoms with Crippen LogP contribution in [0, 0.1) is 0 Å². The van der Waals surface area contributed by atoms with Gasteiger partial charge in [0.15, 0.2) is 11.2 Å². The SMILES string of the molecule is CCC(=O)n1c(=O)c2[nH]c(-c3ccc(S(=O)(=O)O)cc3)nc2n(C(=O)CC)c1=O. The van der Waals surface area contributed by atoms with Gasteiger partial charge in [-0.05, 0) is 24.3 Å². The lowest BCUT2D eigenvalue weighted by Gasteiger charge is -2.07. The first-order chi connectivity index (χ1) is 13.6. The Kier molecular flexibility index (Phi) is 5.07. The summed E-state index contributed by atoms with van der Waals surface area (Å²) >= 11 is 0. The minimum Gasteiger partial charge on any atom is -0.332 e. The topological polar surface area (TPSA) is 161 Å². The molecule has 3 aromatic rings. The number of nitrogens with zero attached hydrogens (tertiary/aromatic N) is 3. The summed E-state index contributed by atoms with van der Waals surface area (Å²) in [6, 6.07) is 4.89. The number of H-pyrrole nitrogens is 1. The number of rotatable bonds is 4. The molecule has 2 N–H and O–H groups in total. The maximum absolute atomic E-state index is 12.7. The number of benzene rings is 1. The lowest BCUT2D eigenvalue weighted by molar-refractivity contribution is 0.0882. The zero-order valence-electron chi connectivity index (χ0n) is 15.4. The molecule has 0 aliphatic rings. The number of hydrogen-bond donors (Lipinski definition) is 2. The molecule has 12 heteroatoms. The van der Waals surface area contributed by atoms with Gasteiger partial charge < -0.3 is 4.98 Å². The third-order valence-corrected chi connectivity index (χ3v) is 5.09. The first-order valence-electron chi connectivity index (χ1n) is 8.52. The van der Waals surface area contributed by atoms with Gasteiger partial charge >= 0.3 is 5.69 Å². The predicted octanol–water partition coefficient (Wildman–Crippen LogP) is 0.900. The summed E-state index contributed by atoms with van der Waals surface area (Å²) < 4.78 is 32.4. The molecule has 0 radical (unpaired) electrons. The largest absolute Gasteiger partial charge is 0.346 e. The Balaban J connectivity index is 2.33. The smallest absolute Gasteiger partial charge is 0.332 e. The van der Waals surface area contributed by atoms with Crippen molar-refractivity contribution < 1.29 is 22.6 Å². The van der Waals surface area contributed by atoms with Crippen molar-refractivity contribution >= 4 is 33.1 Å². The lowest BCUT2D eigenvalue weighted by Crippen LogP contribution is -2.45. The van der Waals surface area contributed by atoms with Gasteiger partial charge in [-0.15, -0.1) is 0 Å². The highest BCUT2D eigenvalue weighted by atomic mass is 32.2. The van der Waals surface area contributed by atoms with Gasteiger partial charge in [-0.2, -0.15) is 13.0 Å². The van der Waals surface area contributed by atoms with Crippen molar-refractivity contribution in [3.8, 4) is 11.4 Å². The van der Waals surface area contributed by atoms with Crippen molar-refractivity contribution in [1.29, 1.82) is 0 Å². The van der Waals surface area contributed by atoms with E-state index in [9.17, 15) is 27.6 Å². The lowest BCUT2D eigenvalue weighted by atomic mass is 10.2.